The molecule has 0 aliphatic heterocycles. The van der Waals surface area contributed by atoms with E-state index in [4.69, 9.17) is 16.3 Å². The highest BCUT2D eigenvalue weighted by Crippen LogP contribution is 2.25. The van der Waals surface area contributed by atoms with Gasteiger partial charge in [0.05, 0.1) is 13.2 Å². The monoisotopic (exact) mass is 294 g/mol. The third-order valence-electron chi connectivity index (χ3n) is 3.23. The van der Waals surface area contributed by atoms with E-state index in [0.29, 0.717) is 17.0 Å². The van der Waals surface area contributed by atoms with Gasteiger partial charge in [-0.3, -0.25) is 0 Å². The number of benzene rings is 2. The quantitative estimate of drug-likeness (QED) is 0.921. The van der Waals surface area contributed by atoms with Crippen molar-refractivity contribution < 1.29 is 14.2 Å². The van der Waals surface area contributed by atoms with Crippen LogP contribution in [0.15, 0.2) is 36.4 Å². The Bertz CT molecular complexity index is 613. The molecule has 0 heterocycles. The third kappa shape index (κ3) is 3.30. The Morgan fingerprint density at radius 3 is 2.60 bits per heavy atom. The summed E-state index contributed by atoms with van der Waals surface area (Å²) in [7, 11) is 1.42. The first-order chi connectivity index (χ1) is 9.51. The van der Waals surface area contributed by atoms with Gasteiger partial charge in [0.25, 0.3) is 0 Å². The largest absolute Gasteiger partial charge is 0.494 e. The lowest BCUT2D eigenvalue weighted by molar-refractivity contribution is 0.178. The highest BCUT2D eigenvalue weighted by molar-refractivity contribution is 6.31. The maximum atomic E-state index is 13.6. The fraction of sp³-hybridized carbons (Fsp3) is 0.250. The summed E-state index contributed by atoms with van der Waals surface area (Å²) < 4.78 is 18.5. The molecule has 2 nitrogen and oxygen atoms in total. The van der Waals surface area contributed by atoms with Crippen molar-refractivity contribution in [3.63, 3.8) is 0 Å². The molecule has 1 unspecified atom stereocenters. The van der Waals surface area contributed by atoms with Gasteiger partial charge < -0.3 is 9.84 Å². The van der Waals surface area contributed by atoms with E-state index in [-0.39, 0.29) is 5.75 Å². The molecule has 0 amide bonds. The van der Waals surface area contributed by atoms with Gasteiger partial charge in [-0.1, -0.05) is 29.8 Å². The summed E-state index contributed by atoms with van der Waals surface area (Å²) in [6.45, 7) is 1.90. The maximum Gasteiger partial charge on any atom is 0.165 e. The highest BCUT2D eigenvalue weighted by atomic mass is 35.5. The standard InChI is InChI=1S/C16H16ClFO2/c1-10-3-5-12(9-13(10)17)15(19)8-11-4-6-16(20-2)14(18)7-11/h3-7,9,15,19H,8H2,1-2H3. The second kappa shape index (κ2) is 6.25. The van der Waals surface area contributed by atoms with Gasteiger partial charge in [-0.2, -0.15) is 0 Å². The minimum Gasteiger partial charge on any atom is -0.494 e. The molecule has 0 spiro atoms. The van der Waals surface area contributed by atoms with Gasteiger partial charge >= 0.3 is 0 Å². The van der Waals surface area contributed by atoms with E-state index < -0.39 is 11.9 Å². The van der Waals surface area contributed by atoms with E-state index in [1.54, 1.807) is 18.2 Å². The first-order valence-electron chi connectivity index (χ1n) is 6.28. The van der Waals surface area contributed by atoms with Crippen LogP contribution >= 0.6 is 11.6 Å². The molecule has 0 aromatic heterocycles. The van der Waals surface area contributed by atoms with Crippen molar-refractivity contribution in [2.24, 2.45) is 0 Å². The van der Waals surface area contributed by atoms with Gasteiger partial charge in [-0.25, -0.2) is 4.39 Å². The molecule has 0 saturated carbocycles. The second-order valence-electron chi connectivity index (χ2n) is 4.70. The second-order valence-corrected chi connectivity index (χ2v) is 5.10. The van der Waals surface area contributed by atoms with Crippen molar-refractivity contribution in [1.29, 1.82) is 0 Å². The van der Waals surface area contributed by atoms with E-state index in [1.165, 1.54) is 13.2 Å². The van der Waals surface area contributed by atoms with Crippen LogP contribution in [0.3, 0.4) is 0 Å². The topological polar surface area (TPSA) is 29.5 Å². The predicted molar refractivity (Wildman–Crippen MR) is 77.8 cm³/mol. The normalized spacial score (nSPS) is 12.2. The summed E-state index contributed by atoms with van der Waals surface area (Å²) in [5.41, 5.74) is 2.38. The van der Waals surface area contributed by atoms with E-state index >= 15 is 0 Å². The van der Waals surface area contributed by atoms with Crippen LogP contribution in [-0.2, 0) is 6.42 Å². The molecule has 2 rings (SSSR count). The molecule has 0 bridgehead atoms. The fourth-order valence-electron chi connectivity index (χ4n) is 1.99. The molecule has 0 aliphatic carbocycles. The molecule has 0 saturated heterocycles. The van der Waals surface area contributed by atoms with Crippen molar-refractivity contribution in [3.8, 4) is 5.75 Å². The van der Waals surface area contributed by atoms with Crippen LogP contribution in [0.2, 0.25) is 5.02 Å². The van der Waals surface area contributed by atoms with Crippen LogP contribution in [0.1, 0.15) is 22.8 Å². The number of hydrogen-bond donors (Lipinski definition) is 1. The van der Waals surface area contributed by atoms with Gasteiger partial charge in [0.15, 0.2) is 11.6 Å². The minimum atomic E-state index is -0.721. The molecule has 1 atom stereocenters. The van der Waals surface area contributed by atoms with Gasteiger partial charge in [0, 0.05) is 11.4 Å². The average Bonchev–Trinajstić information content (AvgIpc) is 2.42. The van der Waals surface area contributed by atoms with Crippen molar-refractivity contribution in [2.45, 2.75) is 19.4 Å². The fourth-order valence-corrected chi connectivity index (χ4v) is 2.18. The Kier molecular flexibility index (Phi) is 4.63. The molecular weight excluding hydrogens is 279 g/mol. The molecule has 4 heteroatoms. The Balaban J connectivity index is 2.16. The van der Waals surface area contributed by atoms with Crippen molar-refractivity contribution in [1.82, 2.24) is 0 Å². The van der Waals surface area contributed by atoms with Crippen LogP contribution in [-0.4, -0.2) is 12.2 Å². The molecule has 0 radical (unpaired) electrons. The lowest BCUT2D eigenvalue weighted by Crippen LogP contribution is -2.03. The summed E-state index contributed by atoms with van der Waals surface area (Å²) in [6.07, 6.45) is -0.402. The van der Waals surface area contributed by atoms with E-state index in [0.717, 1.165) is 11.1 Å². The maximum absolute atomic E-state index is 13.6. The third-order valence-corrected chi connectivity index (χ3v) is 3.63. The molecule has 0 fully saturated rings. The van der Waals surface area contributed by atoms with Gasteiger partial charge in [-0.15, -0.1) is 0 Å². The lowest BCUT2D eigenvalue weighted by atomic mass is 10.0. The van der Waals surface area contributed by atoms with E-state index in [1.807, 2.05) is 19.1 Å². The number of ether oxygens (including phenoxy) is 1. The number of methoxy groups -OCH3 is 1. The summed E-state index contributed by atoms with van der Waals surface area (Å²) in [6, 6.07) is 10.1. The molecule has 0 aliphatic rings. The van der Waals surface area contributed by atoms with Crippen LogP contribution in [0, 0.1) is 12.7 Å². The predicted octanol–water partition coefficient (Wildman–Crippen LogP) is 4.07. The van der Waals surface area contributed by atoms with Crippen molar-refractivity contribution in [2.75, 3.05) is 7.11 Å². The summed E-state index contributed by atoms with van der Waals surface area (Å²) >= 11 is 6.04. The first kappa shape index (κ1) is 14.8. The Morgan fingerprint density at radius 1 is 1.25 bits per heavy atom. The van der Waals surface area contributed by atoms with Crippen molar-refractivity contribution >= 4 is 11.6 Å². The summed E-state index contributed by atoms with van der Waals surface area (Å²) in [5, 5.41) is 10.8. The molecule has 20 heavy (non-hydrogen) atoms. The number of aliphatic hydroxyl groups is 1. The number of aryl methyl sites for hydroxylation is 1. The van der Waals surface area contributed by atoms with Crippen LogP contribution < -0.4 is 4.74 Å². The average molecular weight is 295 g/mol. The Hall–Kier alpha value is -1.58. The van der Waals surface area contributed by atoms with E-state index in [9.17, 15) is 9.50 Å². The highest BCUT2D eigenvalue weighted by Gasteiger charge is 2.12. The SMILES string of the molecule is COc1ccc(CC(O)c2ccc(C)c(Cl)c2)cc1F. The smallest absolute Gasteiger partial charge is 0.165 e. The molecule has 106 valence electrons. The number of rotatable bonds is 4. The van der Waals surface area contributed by atoms with Crippen molar-refractivity contribution in [3.05, 3.63) is 63.9 Å². The number of halogens is 2. The Morgan fingerprint density at radius 2 is 2.00 bits per heavy atom. The Labute approximate surface area is 122 Å². The van der Waals surface area contributed by atoms with Crippen LogP contribution in [0.25, 0.3) is 0 Å². The molecule has 2 aromatic rings. The molecule has 2 aromatic carbocycles. The van der Waals surface area contributed by atoms with Gasteiger partial charge in [0.2, 0.25) is 0 Å². The molecular formula is C16H16ClFO2. The minimum absolute atomic E-state index is 0.196. The number of aliphatic hydroxyl groups excluding tert-OH is 1. The zero-order valence-electron chi connectivity index (χ0n) is 11.4. The van der Waals surface area contributed by atoms with Crippen LogP contribution in [0.5, 0.6) is 5.75 Å². The van der Waals surface area contributed by atoms with Crippen LogP contribution in [0.4, 0.5) is 4.39 Å². The summed E-state index contributed by atoms with van der Waals surface area (Å²) in [4.78, 5) is 0. The summed E-state index contributed by atoms with van der Waals surface area (Å²) in [5.74, 6) is -0.235. The van der Waals surface area contributed by atoms with E-state index in [2.05, 4.69) is 0 Å². The zero-order valence-corrected chi connectivity index (χ0v) is 12.1. The van der Waals surface area contributed by atoms with Gasteiger partial charge in [-0.05, 0) is 41.8 Å². The zero-order chi connectivity index (χ0) is 14.7. The lowest BCUT2D eigenvalue weighted by Gasteiger charge is -2.13. The first-order valence-corrected chi connectivity index (χ1v) is 6.65. The number of hydrogen-bond acceptors (Lipinski definition) is 2. The molecule has 1 N–H and O–H groups in total. The van der Waals surface area contributed by atoms with Gasteiger partial charge in [0.1, 0.15) is 0 Å².